The Hall–Kier alpha value is -4.45. The summed E-state index contributed by atoms with van der Waals surface area (Å²) in [5, 5.41) is 15.5. The van der Waals surface area contributed by atoms with Gasteiger partial charge in [-0.15, -0.1) is 11.3 Å². The number of nitriles is 1. The molecule has 0 spiro atoms. The zero-order chi connectivity index (χ0) is 28.1. The molecule has 40 heavy (non-hydrogen) atoms. The maximum atomic E-state index is 13.2. The zero-order valence-electron chi connectivity index (χ0n) is 22.2. The van der Waals surface area contributed by atoms with Gasteiger partial charge >= 0.3 is 0 Å². The van der Waals surface area contributed by atoms with Gasteiger partial charge in [0.25, 0.3) is 0 Å². The predicted molar refractivity (Wildman–Crippen MR) is 163 cm³/mol. The van der Waals surface area contributed by atoms with Gasteiger partial charge < -0.3 is 10.1 Å². The molecule has 1 amide bonds. The van der Waals surface area contributed by atoms with Crippen molar-refractivity contribution in [1.82, 2.24) is 9.97 Å². The van der Waals surface area contributed by atoms with Crippen LogP contribution < -0.4 is 10.1 Å². The van der Waals surface area contributed by atoms with E-state index in [1.54, 1.807) is 14.0 Å². The molecule has 0 aliphatic heterocycles. The van der Waals surface area contributed by atoms with E-state index in [1.807, 2.05) is 97.2 Å². The van der Waals surface area contributed by atoms with Gasteiger partial charge in [-0.1, -0.05) is 84.1 Å². The Kier molecular flexibility index (Phi) is 8.25. The lowest BCUT2D eigenvalue weighted by molar-refractivity contribution is -0.115. The van der Waals surface area contributed by atoms with Crippen molar-refractivity contribution in [3.05, 3.63) is 101 Å². The second-order valence-electron chi connectivity index (χ2n) is 9.07. The molecular weight excluding hydrogens is 537 g/mol. The number of carbonyl (C=O) groups excluding carboxylic acids is 1. The highest BCUT2D eigenvalue weighted by molar-refractivity contribution is 8.00. The van der Waals surface area contributed by atoms with Crippen LogP contribution in [0.3, 0.4) is 0 Å². The quantitative estimate of drug-likeness (QED) is 0.194. The molecular formula is C32H26N4O2S2. The number of aryl methyl sites for hydroxylation is 1. The van der Waals surface area contributed by atoms with E-state index < -0.39 is 5.25 Å². The number of hydrogen-bond acceptors (Lipinski definition) is 7. The third-order valence-corrected chi connectivity index (χ3v) is 8.15. The molecule has 1 atom stereocenters. The Morgan fingerprint density at radius 2 is 1.68 bits per heavy atom. The maximum absolute atomic E-state index is 13.2. The largest absolute Gasteiger partial charge is 0.496 e. The van der Waals surface area contributed by atoms with Crippen LogP contribution in [0.15, 0.2) is 95.3 Å². The monoisotopic (exact) mass is 562 g/mol. The molecule has 0 saturated carbocycles. The molecule has 2 aromatic heterocycles. The lowest BCUT2D eigenvalue weighted by atomic mass is 9.98. The predicted octanol–water partition coefficient (Wildman–Crippen LogP) is 7.85. The molecule has 2 heterocycles. The van der Waals surface area contributed by atoms with E-state index in [4.69, 9.17) is 9.72 Å². The van der Waals surface area contributed by atoms with Crippen LogP contribution in [0.5, 0.6) is 5.75 Å². The summed E-state index contributed by atoms with van der Waals surface area (Å²) in [6.45, 7) is 3.83. The van der Waals surface area contributed by atoms with E-state index in [0.717, 1.165) is 39.2 Å². The molecule has 0 saturated heterocycles. The van der Waals surface area contributed by atoms with Crippen LogP contribution in [0, 0.1) is 18.3 Å². The van der Waals surface area contributed by atoms with Gasteiger partial charge in [0.15, 0.2) is 5.13 Å². The molecule has 198 valence electrons. The van der Waals surface area contributed by atoms with Crippen molar-refractivity contribution >= 4 is 34.1 Å². The van der Waals surface area contributed by atoms with Gasteiger partial charge in [0, 0.05) is 22.1 Å². The van der Waals surface area contributed by atoms with E-state index in [0.29, 0.717) is 21.5 Å². The first-order chi connectivity index (χ1) is 19.5. The van der Waals surface area contributed by atoms with Crippen molar-refractivity contribution in [2.75, 3.05) is 12.4 Å². The smallest absolute Gasteiger partial charge is 0.239 e. The Labute approximate surface area is 241 Å². The number of thioether (sulfide) groups is 1. The lowest BCUT2D eigenvalue weighted by Crippen LogP contribution is -2.22. The standard InChI is InChI=1S/C32H26N4O2S2/c1-20-13-15-22(16-14-20)25-17-27(23-9-5-4-6-10-23)34-31(26(25)18-33)40-21(2)30(37)36-32-35-28(19-39-32)24-11-7-8-12-29(24)38-3/h4-17,19,21H,1-3H3,(H,35,36,37). The number of amides is 1. The average molecular weight is 563 g/mol. The normalized spacial score (nSPS) is 11.4. The molecule has 1 unspecified atom stereocenters. The minimum absolute atomic E-state index is 0.224. The van der Waals surface area contributed by atoms with E-state index in [2.05, 4.69) is 16.4 Å². The fourth-order valence-electron chi connectivity index (χ4n) is 4.17. The van der Waals surface area contributed by atoms with Crippen molar-refractivity contribution in [3.63, 3.8) is 0 Å². The number of ether oxygens (including phenoxy) is 1. The molecule has 5 rings (SSSR count). The number of anilines is 1. The van der Waals surface area contributed by atoms with Crippen LogP contribution in [0.4, 0.5) is 5.13 Å². The van der Waals surface area contributed by atoms with Crippen LogP contribution >= 0.6 is 23.1 Å². The highest BCUT2D eigenvalue weighted by atomic mass is 32.2. The van der Waals surface area contributed by atoms with E-state index in [9.17, 15) is 10.1 Å². The van der Waals surface area contributed by atoms with Crippen molar-refractivity contribution in [2.45, 2.75) is 24.1 Å². The van der Waals surface area contributed by atoms with Crippen LogP contribution in [0.1, 0.15) is 18.1 Å². The van der Waals surface area contributed by atoms with Crippen LogP contribution in [-0.2, 0) is 4.79 Å². The summed E-state index contributed by atoms with van der Waals surface area (Å²) in [6, 6.07) is 29.8. The van der Waals surface area contributed by atoms with Gasteiger partial charge in [0.05, 0.1) is 29.3 Å². The lowest BCUT2D eigenvalue weighted by Gasteiger charge is -2.15. The SMILES string of the molecule is COc1ccccc1-c1csc(NC(=O)C(C)Sc2nc(-c3ccccc3)cc(-c3ccc(C)cc3)c2C#N)n1. The summed E-state index contributed by atoms with van der Waals surface area (Å²) >= 11 is 2.61. The maximum Gasteiger partial charge on any atom is 0.239 e. The number of nitrogens with one attached hydrogen (secondary N) is 1. The van der Waals surface area contributed by atoms with Gasteiger partial charge in [-0.2, -0.15) is 5.26 Å². The number of aromatic nitrogens is 2. The second-order valence-corrected chi connectivity index (χ2v) is 11.3. The van der Waals surface area contributed by atoms with Gasteiger partial charge in [-0.25, -0.2) is 9.97 Å². The van der Waals surface area contributed by atoms with E-state index >= 15 is 0 Å². The number of hydrogen-bond donors (Lipinski definition) is 1. The van der Waals surface area contributed by atoms with Gasteiger partial charge in [-0.3, -0.25) is 4.79 Å². The number of thiazole rings is 1. The average Bonchev–Trinajstić information content (AvgIpc) is 3.45. The first kappa shape index (κ1) is 27.1. The Morgan fingerprint density at radius 1 is 0.950 bits per heavy atom. The van der Waals surface area contributed by atoms with Gasteiger partial charge in [-0.05, 0) is 37.6 Å². The number of carbonyl (C=O) groups is 1. The molecule has 8 heteroatoms. The van der Waals surface area contributed by atoms with Gasteiger partial charge in [0.1, 0.15) is 16.8 Å². The topological polar surface area (TPSA) is 87.9 Å². The Morgan fingerprint density at radius 3 is 2.40 bits per heavy atom. The second kappa shape index (κ2) is 12.2. The summed E-state index contributed by atoms with van der Waals surface area (Å²) < 4.78 is 5.45. The molecule has 1 N–H and O–H groups in total. The summed E-state index contributed by atoms with van der Waals surface area (Å²) in [5.74, 6) is 0.492. The summed E-state index contributed by atoms with van der Waals surface area (Å²) in [4.78, 5) is 22.7. The molecule has 0 aliphatic rings. The Balaban J connectivity index is 1.43. The van der Waals surface area contributed by atoms with Crippen LogP contribution in [0.25, 0.3) is 33.6 Å². The van der Waals surface area contributed by atoms with E-state index in [1.165, 1.54) is 23.1 Å². The zero-order valence-corrected chi connectivity index (χ0v) is 23.8. The van der Waals surface area contributed by atoms with Crippen molar-refractivity contribution in [1.29, 1.82) is 5.26 Å². The number of nitrogens with zero attached hydrogens (tertiary/aromatic N) is 3. The van der Waals surface area contributed by atoms with Crippen molar-refractivity contribution < 1.29 is 9.53 Å². The number of para-hydroxylation sites is 1. The van der Waals surface area contributed by atoms with Crippen LogP contribution in [-0.4, -0.2) is 28.2 Å². The highest BCUT2D eigenvalue weighted by Gasteiger charge is 2.22. The molecule has 6 nitrogen and oxygen atoms in total. The highest BCUT2D eigenvalue weighted by Crippen LogP contribution is 2.37. The van der Waals surface area contributed by atoms with Crippen LogP contribution in [0.2, 0.25) is 0 Å². The first-order valence-electron chi connectivity index (χ1n) is 12.6. The summed E-state index contributed by atoms with van der Waals surface area (Å²) in [6.07, 6.45) is 0. The number of benzene rings is 3. The third-order valence-electron chi connectivity index (χ3n) is 6.31. The fraction of sp³-hybridized carbons (Fsp3) is 0.125. The molecule has 0 aliphatic carbocycles. The minimum atomic E-state index is -0.532. The number of rotatable bonds is 8. The summed E-state index contributed by atoms with van der Waals surface area (Å²) in [7, 11) is 1.62. The molecule has 0 radical (unpaired) electrons. The minimum Gasteiger partial charge on any atom is -0.496 e. The van der Waals surface area contributed by atoms with E-state index in [-0.39, 0.29) is 5.91 Å². The fourth-order valence-corrected chi connectivity index (χ4v) is 5.81. The van der Waals surface area contributed by atoms with Gasteiger partial charge in [0.2, 0.25) is 5.91 Å². The number of methoxy groups -OCH3 is 1. The van der Waals surface area contributed by atoms with Crippen molar-refractivity contribution in [2.24, 2.45) is 0 Å². The first-order valence-corrected chi connectivity index (χ1v) is 14.4. The molecule has 3 aromatic carbocycles. The summed E-state index contributed by atoms with van der Waals surface area (Å²) in [5.41, 5.74) is 6.55. The molecule has 0 fully saturated rings. The third kappa shape index (κ3) is 5.91. The number of pyridine rings is 1. The van der Waals surface area contributed by atoms with Crippen molar-refractivity contribution in [3.8, 4) is 45.5 Å². The Bertz CT molecular complexity index is 1690. The molecule has 5 aromatic rings. The molecule has 0 bridgehead atoms.